The smallest absolute Gasteiger partial charge is 0.358 e. The van der Waals surface area contributed by atoms with E-state index in [0.29, 0.717) is 13.2 Å². The van der Waals surface area contributed by atoms with E-state index in [1.807, 2.05) is 104 Å². The highest BCUT2D eigenvalue weighted by Crippen LogP contribution is 2.08. The molecule has 0 atom stereocenters. The lowest BCUT2D eigenvalue weighted by Crippen LogP contribution is -2.42. The molecule has 0 aliphatic rings. The quantitative estimate of drug-likeness (QED) is 0.383. The van der Waals surface area contributed by atoms with Crippen molar-refractivity contribution >= 4 is 35.7 Å². The van der Waals surface area contributed by atoms with Crippen LogP contribution in [0.2, 0.25) is 0 Å². The summed E-state index contributed by atoms with van der Waals surface area (Å²) in [5.74, 6) is 0.764. The molecule has 0 bridgehead atoms. The Morgan fingerprint density at radius 3 is 1.29 bits per heavy atom. The van der Waals surface area contributed by atoms with E-state index in [0.717, 1.165) is 38.7 Å². The van der Waals surface area contributed by atoms with Crippen LogP contribution in [-0.4, -0.2) is 31.0 Å². The Bertz CT molecular complexity index is 1180. The molecule has 0 amide bonds. The van der Waals surface area contributed by atoms with Crippen LogP contribution in [0.15, 0.2) is 97.1 Å². The number of ether oxygens (including phenoxy) is 2. The molecule has 6 heteroatoms. The molecule has 0 fully saturated rings. The highest BCUT2D eigenvalue weighted by atomic mass is 16.5. The van der Waals surface area contributed by atoms with Gasteiger partial charge in [0.2, 0.25) is 0 Å². The maximum Gasteiger partial charge on any atom is 0.358 e. The molecule has 4 aromatic carbocycles. The molecule has 0 aliphatic heterocycles. The summed E-state index contributed by atoms with van der Waals surface area (Å²) >= 11 is 0. The first kappa shape index (κ1) is 23.8. The third-order valence-corrected chi connectivity index (χ3v) is 5.95. The molecule has 0 saturated heterocycles. The van der Waals surface area contributed by atoms with Gasteiger partial charge in [-0.3, -0.25) is 0 Å². The average Bonchev–Trinajstić information content (AvgIpc) is 2.89. The van der Waals surface area contributed by atoms with Crippen molar-refractivity contribution in [2.45, 2.75) is 20.1 Å². The summed E-state index contributed by atoms with van der Waals surface area (Å²) in [6.07, 6.45) is 0. The van der Waals surface area contributed by atoms with Gasteiger partial charge in [-0.1, -0.05) is 90.5 Å². The monoisotopic (exact) mass is 450 g/mol. The molecule has 170 valence electrons. The van der Waals surface area contributed by atoms with Gasteiger partial charge in [-0.25, -0.2) is 0 Å². The molecule has 4 rings (SSSR count). The number of rotatable bonds is 9. The Morgan fingerprint density at radius 2 is 0.912 bits per heavy atom. The van der Waals surface area contributed by atoms with E-state index in [-0.39, 0.29) is 0 Å². The van der Waals surface area contributed by atoms with Gasteiger partial charge in [-0.05, 0) is 52.0 Å². The van der Waals surface area contributed by atoms with Crippen LogP contribution in [0.1, 0.15) is 16.7 Å². The zero-order chi connectivity index (χ0) is 23.9. The lowest BCUT2D eigenvalue weighted by atomic mass is 9.56. The van der Waals surface area contributed by atoms with E-state index in [2.05, 4.69) is 0 Å². The number of hydrogen-bond acceptors (Lipinski definition) is 4. The van der Waals surface area contributed by atoms with Gasteiger partial charge in [0.15, 0.2) is 0 Å². The third kappa shape index (κ3) is 5.97. The Labute approximate surface area is 202 Å². The fourth-order valence-electron chi connectivity index (χ4n) is 3.80. The van der Waals surface area contributed by atoms with Crippen molar-refractivity contribution in [3.8, 4) is 5.75 Å². The van der Waals surface area contributed by atoms with E-state index in [1.165, 1.54) is 5.56 Å². The van der Waals surface area contributed by atoms with Crippen LogP contribution in [0.4, 0.5) is 0 Å². The molecule has 0 unspecified atom stereocenters. The molecule has 0 aromatic heterocycles. The number of aryl methyl sites for hydroxylation is 1. The van der Waals surface area contributed by atoms with Crippen molar-refractivity contribution in [2.75, 3.05) is 7.11 Å². The minimum absolute atomic E-state index is 0.479. The maximum absolute atomic E-state index is 10.6. The second-order valence-electron chi connectivity index (χ2n) is 8.46. The highest BCUT2D eigenvalue weighted by Gasteiger charge is 2.17. The molecule has 4 nitrogen and oxygen atoms in total. The molecule has 0 heterocycles. The molecule has 0 aliphatic carbocycles. The molecule has 0 saturated carbocycles. The van der Waals surface area contributed by atoms with Gasteiger partial charge in [-0.15, -0.1) is 0 Å². The average molecular weight is 450 g/mol. The van der Waals surface area contributed by atoms with Crippen LogP contribution in [0.25, 0.3) is 0 Å². The molecular weight excluding hydrogens is 422 g/mol. The van der Waals surface area contributed by atoms with Crippen LogP contribution in [-0.2, 0) is 18.0 Å². The maximum atomic E-state index is 10.6. The van der Waals surface area contributed by atoms with Crippen LogP contribution >= 0.6 is 0 Å². The van der Waals surface area contributed by atoms with Crippen molar-refractivity contribution in [3.63, 3.8) is 0 Å². The van der Waals surface area contributed by atoms with Crippen LogP contribution < -0.4 is 26.6 Å². The molecule has 0 spiro atoms. The summed E-state index contributed by atoms with van der Waals surface area (Å²) in [4.78, 5) is 0. The Morgan fingerprint density at radius 1 is 0.559 bits per heavy atom. The molecule has 0 radical (unpaired) electrons. The van der Waals surface area contributed by atoms with Gasteiger partial charge in [0.25, 0.3) is 0 Å². The van der Waals surface area contributed by atoms with Crippen molar-refractivity contribution in [2.24, 2.45) is 0 Å². The molecule has 34 heavy (non-hydrogen) atoms. The van der Waals surface area contributed by atoms with Crippen molar-refractivity contribution in [3.05, 3.63) is 114 Å². The topological polar surface area (TPSA) is 58.9 Å². The fourth-order valence-corrected chi connectivity index (χ4v) is 3.80. The molecular formula is C28H28B2O4. The van der Waals surface area contributed by atoms with E-state index < -0.39 is 13.8 Å². The van der Waals surface area contributed by atoms with E-state index in [4.69, 9.17) is 9.47 Å². The van der Waals surface area contributed by atoms with Crippen molar-refractivity contribution in [1.82, 2.24) is 0 Å². The number of hydrogen-bond donors (Lipinski definition) is 2. The zero-order valence-electron chi connectivity index (χ0n) is 19.5. The predicted octanol–water partition coefficient (Wildman–Crippen LogP) is 1.92. The second-order valence-corrected chi connectivity index (χ2v) is 8.46. The first-order valence-electron chi connectivity index (χ1n) is 11.4. The van der Waals surface area contributed by atoms with Crippen LogP contribution in [0, 0.1) is 6.92 Å². The summed E-state index contributed by atoms with van der Waals surface area (Å²) in [7, 11) is 1.62. The Balaban J connectivity index is 1.28. The summed E-state index contributed by atoms with van der Waals surface area (Å²) in [5.41, 5.74) is 6.65. The van der Waals surface area contributed by atoms with Gasteiger partial charge in [-0.2, -0.15) is 0 Å². The number of benzene rings is 4. The third-order valence-electron chi connectivity index (χ3n) is 5.95. The fraction of sp³-hybridized carbons (Fsp3) is 0.143. The summed E-state index contributed by atoms with van der Waals surface area (Å²) in [6.45, 7) is 1.67. The predicted molar refractivity (Wildman–Crippen MR) is 140 cm³/mol. The van der Waals surface area contributed by atoms with Crippen LogP contribution in [0.3, 0.4) is 0 Å². The number of methoxy groups -OCH3 is 1. The zero-order valence-corrected chi connectivity index (χ0v) is 19.5. The van der Waals surface area contributed by atoms with E-state index >= 15 is 0 Å². The summed E-state index contributed by atoms with van der Waals surface area (Å²) in [6, 6.07) is 31.0. The summed E-state index contributed by atoms with van der Waals surface area (Å²) in [5, 5.41) is 21.2. The minimum atomic E-state index is -0.686. The lowest BCUT2D eigenvalue weighted by molar-refractivity contribution is 0.107. The lowest BCUT2D eigenvalue weighted by Gasteiger charge is -2.11. The van der Waals surface area contributed by atoms with Crippen molar-refractivity contribution < 1.29 is 19.5 Å². The minimum Gasteiger partial charge on any atom is -0.497 e. The largest absolute Gasteiger partial charge is 0.497 e. The second kappa shape index (κ2) is 11.2. The first-order valence-corrected chi connectivity index (χ1v) is 11.4. The van der Waals surface area contributed by atoms with Gasteiger partial charge >= 0.3 is 13.8 Å². The Hall–Kier alpha value is -3.31. The van der Waals surface area contributed by atoms with Gasteiger partial charge in [0.05, 0.1) is 20.3 Å². The summed E-state index contributed by atoms with van der Waals surface area (Å²) < 4.78 is 11.0. The van der Waals surface area contributed by atoms with Crippen molar-refractivity contribution in [1.29, 1.82) is 0 Å². The molecule has 4 aromatic rings. The van der Waals surface area contributed by atoms with E-state index in [1.54, 1.807) is 7.11 Å². The van der Waals surface area contributed by atoms with Gasteiger partial charge in [0, 0.05) is 0 Å². The first-order chi connectivity index (χ1) is 16.5. The normalized spacial score (nSPS) is 10.7. The van der Waals surface area contributed by atoms with Gasteiger partial charge < -0.3 is 19.5 Å². The standard InChI is InChI=1S/C28H28B2O4/c1-21-3-9-24(10-4-21)29(31)25-11-5-22(6-12-25)19-34-20-23-7-13-26(14-8-23)30(32)27-15-17-28(33-2)18-16-27/h3-18,31-32H,19-20H2,1-2H3. The van der Waals surface area contributed by atoms with Crippen LogP contribution in [0.5, 0.6) is 5.75 Å². The SMILES string of the molecule is COc1ccc(B(O)c2ccc(COCc3ccc(B(O)c4ccc(C)cc4)cc3)cc2)cc1. The van der Waals surface area contributed by atoms with E-state index in [9.17, 15) is 10.0 Å². The highest BCUT2D eigenvalue weighted by molar-refractivity contribution is 6.79. The molecule has 2 N–H and O–H groups in total. The Kier molecular flexibility index (Phi) is 7.86. The van der Waals surface area contributed by atoms with Gasteiger partial charge in [0.1, 0.15) is 5.75 Å².